The number of benzene rings is 3. The third kappa shape index (κ3) is 3.69. The quantitative estimate of drug-likeness (QED) is 0.401. The van der Waals surface area contributed by atoms with Gasteiger partial charge in [-0.3, -0.25) is 4.79 Å². The van der Waals surface area contributed by atoms with Crippen LogP contribution in [0.3, 0.4) is 0 Å². The van der Waals surface area contributed by atoms with E-state index in [1.807, 2.05) is 42.5 Å². The number of carbonyl (C=O) groups excluding carboxylic acids is 1. The smallest absolute Gasteiger partial charge is 0.259 e. The highest BCUT2D eigenvalue weighted by atomic mass is 35.5. The summed E-state index contributed by atoms with van der Waals surface area (Å²) >= 11 is 13.8. The predicted molar refractivity (Wildman–Crippen MR) is 116 cm³/mol. The van der Waals surface area contributed by atoms with E-state index in [1.54, 1.807) is 11.3 Å². The van der Waals surface area contributed by atoms with Crippen molar-refractivity contribution >= 4 is 56.3 Å². The van der Waals surface area contributed by atoms with Crippen molar-refractivity contribution in [3.05, 3.63) is 76.3 Å². The molecule has 0 saturated heterocycles. The lowest BCUT2D eigenvalue weighted by atomic mass is 10.1. The number of rotatable bonds is 4. The summed E-state index contributed by atoms with van der Waals surface area (Å²) in [5.74, 6) is -0.0661. The summed E-state index contributed by atoms with van der Waals surface area (Å²) in [6, 6.07) is 18.6. The molecule has 0 aliphatic rings. The van der Waals surface area contributed by atoms with Crippen molar-refractivity contribution in [1.82, 2.24) is 4.98 Å². The fourth-order valence-corrected chi connectivity index (χ4v) is 4.37. The van der Waals surface area contributed by atoms with Crippen molar-refractivity contribution in [2.75, 3.05) is 12.4 Å². The second kappa shape index (κ2) is 7.80. The Morgan fingerprint density at radius 2 is 1.82 bits per heavy atom. The Balaban J connectivity index is 1.57. The van der Waals surface area contributed by atoms with Crippen LogP contribution in [0.1, 0.15) is 10.4 Å². The van der Waals surface area contributed by atoms with Crippen molar-refractivity contribution in [3.8, 4) is 16.3 Å². The molecule has 0 radical (unpaired) electrons. The number of halogens is 2. The topological polar surface area (TPSA) is 51.2 Å². The summed E-state index contributed by atoms with van der Waals surface area (Å²) < 4.78 is 6.38. The Hall–Kier alpha value is -2.60. The molecule has 1 amide bonds. The van der Waals surface area contributed by atoms with E-state index >= 15 is 0 Å². The van der Waals surface area contributed by atoms with Crippen LogP contribution in [0.4, 0.5) is 5.69 Å². The number of carbonyl (C=O) groups is 1. The predicted octanol–water partition coefficient (Wildman–Crippen LogP) is 6.53. The lowest BCUT2D eigenvalue weighted by Crippen LogP contribution is -2.13. The molecule has 4 aromatic rings. The molecular formula is C21H14Cl2N2O2S. The Morgan fingerprint density at radius 3 is 2.54 bits per heavy atom. The fraction of sp³-hybridized carbons (Fsp3) is 0.0476. The first-order valence-electron chi connectivity index (χ1n) is 8.35. The van der Waals surface area contributed by atoms with E-state index in [2.05, 4.69) is 16.4 Å². The average molecular weight is 429 g/mol. The van der Waals surface area contributed by atoms with Crippen molar-refractivity contribution in [3.63, 3.8) is 0 Å². The van der Waals surface area contributed by atoms with Gasteiger partial charge in [-0.25, -0.2) is 4.98 Å². The largest absolute Gasteiger partial charge is 0.494 e. The van der Waals surface area contributed by atoms with Crippen molar-refractivity contribution < 1.29 is 9.53 Å². The number of aromatic nitrogens is 1. The van der Waals surface area contributed by atoms with Gasteiger partial charge in [-0.1, -0.05) is 35.3 Å². The number of fused-ring (bicyclic) bond motifs is 1. The molecule has 0 unspecified atom stereocenters. The van der Waals surface area contributed by atoms with E-state index in [9.17, 15) is 4.79 Å². The highest BCUT2D eigenvalue weighted by Gasteiger charge is 2.17. The molecule has 1 aromatic heterocycles. The molecule has 1 heterocycles. The van der Waals surface area contributed by atoms with Crippen LogP contribution in [0.2, 0.25) is 10.0 Å². The minimum absolute atomic E-state index is 0.273. The molecule has 0 saturated carbocycles. The standard InChI is InChI=1S/C21H14Cl2N2O2S/c1-27-19-15(10-13(22)11-16(19)23)20(26)24-14-8-6-12(7-9-14)21-25-17-4-2-3-5-18(17)28-21/h2-11H,1H3,(H,24,26). The molecule has 0 spiro atoms. The first-order valence-corrected chi connectivity index (χ1v) is 9.93. The van der Waals surface area contributed by atoms with Gasteiger partial charge >= 0.3 is 0 Å². The monoisotopic (exact) mass is 428 g/mol. The van der Waals surface area contributed by atoms with Crippen LogP contribution < -0.4 is 10.1 Å². The number of ether oxygens (including phenoxy) is 1. The van der Waals surface area contributed by atoms with Gasteiger partial charge in [0.1, 0.15) is 10.8 Å². The normalized spacial score (nSPS) is 10.8. The number of anilines is 1. The second-order valence-corrected chi connectivity index (χ2v) is 7.86. The Labute approximate surface area is 175 Å². The molecule has 140 valence electrons. The zero-order chi connectivity index (χ0) is 19.7. The number of nitrogens with zero attached hydrogens (tertiary/aromatic N) is 1. The molecule has 0 bridgehead atoms. The lowest BCUT2D eigenvalue weighted by Gasteiger charge is -2.11. The third-order valence-corrected chi connectivity index (χ3v) is 5.73. The number of nitrogens with one attached hydrogen (secondary N) is 1. The number of amides is 1. The SMILES string of the molecule is COc1c(Cl)cc(Cl)cc1C(=O)Nc1ccc(-c2nc3ccccc3s2)cc1. The first-order chi connectivity index (χ1) is 13.5. The van der Waals surface area contributed by atoms with Crippen LogP contribution in [-0.4, -0.2) is 18.0 Å². The minimum Gasteiger partial charge on any atom is -0.494 e. The van der Waals surface area contributed by atoms with Crippen LogP contribution in [0.25, 0.3) is 20.8 Å². The summed E-state index contributed by atoms with van der Waals surface area (Å²) in [6.07, 6.45) is 0. The number of thiazole rings is 1. The zero-order valence-electron chi connectivity index (χ0n) is 14.7. The molecule has 3 aromatic carbocycles. The zero-order valence-corrected chi connectivity index (χ0v) is 17.0. The van der Waals surface area contributed by atoms with Crippen LogP contribution in [0, 0.1) is 0 Å². The van der Waals surface area contributed by atoms with Gasteiger partial charge < -0.3 is 10.1 Å². The summed E-state index contributed by atoms with van der Waals surface area (Å²) in [5, 5.41) is 4.42. The molecule has 28 heavy (non-hydrogen) atoms. The van der Waals surface area contributed by atoms with Gasteiger partial charge in [0.2, 0.25) is 0 Å². The Kier molecular flexibility index (Phi) is 5.22. The van der Waals surface area contributed by atoms with E-state index in [4.69, 9.17) is 27.9 Å². The van der Waals surface area contributed by atoms with Gasteiger partial charge in [0.25, 0.3) is 5.91 Å². The minimum atomic E-state index is -0.353. The lowest BCUT2D eigenvalue weighted by molar-refractivity contribution is 0.102. The molecule has 4 rings (SSSR count). The summed E-state index contributed by atoms with van der Waals surface area (Å²) in [5.41, 5.74) is 2.88. The first kappa shape index (κ1) is 18.7. The molecule has 1 N–H and O–H groups in total. The number of hydrogen-bond acceptors (Lipinski definition) is 4. The van der Waals surface area contributed by atoms with Crippen molar-refractivity contribution in [2.24, 2.45) is 0 Å². The van der Waals surface area contributed by atoms with E-state index in [-0.39, 0.29) is 22.2 Å². The Bertz CT molecular complexity index is 1140. The van der Waals surface area contributed by atoms with Gasteiger partial charge in [0.15, 0.2) is 0 Å². The molecule has 4 nitrogen and oxygen atoms in total. The van der Waals surface area contributed by atoms with E-state index in [0.717, 1.165) is 20.8 Å². The van der Waals surface area contributed by atoms with Crippen LogP contribution >= 0.6 is 34.5 Å². The highest BCUT2D eigenvalue weighted by Crippen LogP contribution is 2.33. The fourth-order valence-electron chi connectivity index (χ4n) is 2.83. The van der Waals surface area contributed by atoms with Gasteiger partial charge in [-0.15, -0.1) is 11.3 Å². The molecule has 0 aliphatic heterocycles. The van der Waals surface area contributed by atoms with Crippen LogP contribution in [0.5, 0.6) is 5.75 Å². The molecular weight excluding hydrogens is 415 g/mol. The highest BCUT2D eigenvalue weighted by molar-refractivity contribution is 7.21. The third-order valence-electron chi connectivity index (χ3n) is 4.14. The van der Waals surface area contributed by atoms with Gasteiger partial charge in [0.05, 0.1) is 27.9 Å². The number of para-hydroxylation sites is 1. The van der Waals surface area contributed by atoms with E-state index in [0.29, 0.717) is 10.7 Å². The van der Waals surface area contributed by atoms with E-state index < -0.39 is 0 Å². The van der Waals surface area contributed by atoms with E-state index in [1.165, 1.54) is 19.2 Å². The number of hydrogen-bond donors (Lipinski definition) is 1. The summed E-state index contributed by atoms with van der Waals surface area (Å²) in [7, 11) is 1.46. The molecule has 0 atom stereocenters. The van der Waals surface area contributed by atoms with Crippen molar-refractivity contribution in [1.29, 1.82) is 0 Å². The summed E-state index contributed by atoms with van der Waals surface area (Å²) in [4.78, 5) is 17.3. The molecule has 0 fully saturated rings. The Morgan fingerprint density at radius 1 is 1.07 bits per heavy atom. The average Bonchev–Trinajstić information content (AvgIpc) is 3.12. The second-order valence-electron chi connectivity index (χ2n) is 5.99. The van der Waals surface area contributed by atoms with Gasteiger partial charge in [-0.05, 0) is 48.5 Å². The summed E-state index contributed by atoms with van der Waals surface area (Å²) in [6.45, 7) is 0. The maximum absolute atomic E-state index is 12.7. The maximum atomic E-state index is 12.7. The van der Waals surface area contributed by atoms with Gasteiger partial charge in [-0.2, -0.15) is 0 Å². The molecule has 7 heteroatoms. The van der Waals surface area contributed by atoms with Gasteiger partial charge in [0, 0.05) is 16.3 Å². The van der Waals surface area contributed by atoms with Crippen molar-refractivity contribution in [2.45, 2.75) is 0 Å². The number of methoxy groups -OCH3 is 1. The van der Waals surface area contributed by atoms with Crippen LogP contribution in [-0.2, 0) is 0 Å². The maximum Gasteiger partial charge on any atom is 0.259 e. The molecule has 0 aliphatic carbocycles. The van der Waals surface area contributed by atoms with Crippen LogP contribution in [0.15, 0.2) is 60.7 Å².